The maximum atomic E-state index is 13.8. The summed E-state index contributed by atoms with van der Waals surface area (Å²) < 4.78 is 22.2. The molecule has 5 aromatic rings. The molecule has 3 heterocycles. The van der Waals surface area contributed by atoms with Gasteiger partial charge in [-0.3, -0.25) is 0 Å². The van der Waals surface area contributed by atoms with Gasteiger partial charge in [-0.1, -0.05) is 37.8 Å². The van der Waals surface area contributed by atoms with Crippen molar-refractivity contribution in [1.29, 1.82) is 0 Å². The lowest BCUT2D eigenvalue weighted by molar-refractivity contribution is -0.633. The fourth-order valence-electron chi connectivity index (χ4n) is 5.75. The maximum absolute atomic E-state index is 13.8. The molecule has 1 saturated carbocycles. The highest BCUT2D eigenvalue weighted by atomic mass is 19.1. The molecule has 3 aromatic heterocycles. The Balaban J connectivity index is 1.58. The molecule has 0 N–H and O–H groups in total. The molecule has 3 nitrogen and oxygen atoms in total. The van der Waals surface area contributed by atoms with Crippen LogP contribution in [-0.4, -0.2) is 4.98 Å². The molecule has 1 fully saturated rings. The lowest BCUT2D eigenvalue weighted by Crippen LogP contribution is -2.32. The molecule has 33 heavy (non-hydrogen) atoms. The summed E-state index contributed by atoms with van der Waals surface area (Å²) in [4.78, 5) is 4.00. The van der Waals surface area contributed by atoms with Gasteiger partial charge < -0.3 is 4.42 Å². The Bertz CT molecular complexity index is 1540. The molecule has 4 heteroatoms. The van der Waals surface area contributed by atoms with Crippen LogP contribution in [0.2, 0.25) is 0 Å². The molecular weight excluding hydrogens is 411 g/mol. The summed E-state index contributed by atoms with van der Waals surface area (Å²) in [6, 6.07) is 16.4. The molecule has 0 atom stereocenters. The van der Waals surface area contributed by atoms with Gasteiger partial charge in [0.1, 0.15) is 7.05 Å². The van der Waals surface area contributed by atoms with Crippen molar-refractivity contribution < 1.29 is 13.4 Å². The molecular formula is C29H28FN2O+. The topological polar surface area (TPSA) is 29.9 Å². The van der Waals surface area contributed by atoms with Crippen molar-refractivity contribution in [2.45, 2.75) is 46.0 Å². The van der Waals surface area contributed by atoms with Crippen molar-refractivity contribution in [3.05, 3.63) is 71.2 Å². The molecule has 0 aliphatic heterocycles. The molecule has 0 amide bonds. The molecule has 2 aromatic carbocycles. The molecule has 166 valence electrons. The van der Waals surface area contributed by atoms with E-state index in [0.29, 0.717) is 5.71 Å². The minimum atomic E-state index is -0.525. The zero-order valence-corrected chi connectivity index (χ0v) is 19.4. The van der Waals surface area contributed by atoms with Crippen LogP contribution in [0.15, 0.2) is 52.9 Å². The van der Waals surface area contributed by atoms with E-state index in [9.17, 15) is 4.39 Å². The SMILES string of the molecule is Cc1cc2c(oc3nc(F)ccc32)c(-c2ccc3c(CC4CCCC4)cccc3[n+]2C)c1C. The van der Waals surface area contributed by atoms with Gasteiger partial charge in [-0.05, 0) is 67.1 Å². The van der Waals surface area contributed by atoms with E-state index >= 15 is 0 Å². The Labute approximate surface area is 192 Å². The molecule has 0 spiro atoms. The van der Waals surface area contributed by atoms with Gasteiger partial charge in [0.05, 0.1) is 5.56 Å². The first-order chi connectivity index (χ1) is 16.0. The van der Waals surface area contributed by atoms with Crippen molar-refractivity contribution in [2.24, 2.45) is 13.0 Å². The van der Waals surface area contributed by atoms with Crippen LogP contribution in [0, 0.1) is 25.7 Å². The second-order valence-electron chi connectivity index (χ2n) is 9.64. The van der Waals surface area contributed by atoms with E-state index in [-0.39, 0.29) is 0 Å². The van der Waals surface area contributed by atoms with E-state index in [1.54, 1.807) is 6.07 Å². The Hall–Kier alpha value is -3.27. The molecule has 0 radical (unpaired) electrons. The molecule has 6 rings (SSSR count). The van der Waals surface area contributed by atoms with Crippen LogP contribution in [0.25, 0.3) is 44.2 Å². The van der Waals surface area contributed by atoms with Crippen molar-refractivity contribution in [3.63, 3.8) is 0 Å². The normalized spacial score (nSPS) is 14.8. The highest BCUT2D eigenvalue weighted by molar-refractivity contribution is 6.09. The third-order valence-electron chi connectivity index (χ3n) is 7.66. The van der Waals surface area contributed by atoms with Crippen molar-refractivity contribution in [1.82, 2.24) is 4.98 Å². The van der Waals surface area contributed by atoms with Crippen LogP contribution in [0.4, 0.5) is 4.39 Å². The Morgan fingerprint density at radius 1 is 1.00 bits per heavy atom. The van der Waals surface area contributed by atoms with Crippen LogP contribution in [0.3, 0.4) is 0 Å². The minimum absolute atomic E-state index is 0.346. The smallest absolute Gasteiger partial charge is 0.229 e. The van der Waals surface area contributed by atoms with Crippen LogP contribution in [0.1, 0.15) is 42.4 Å². The summed E-state index contributed by atoms with van der Waals surface area (Å²) in [6.45, 7) is 4.25. The van der Waals surface area contributed by atoms with E-state index in [1.165, 1.54) is 59.3 Å². The number of pyridine rings is 2. The van der Waals surface area contributed by atoms with E-state index < -0.39 is 5.95 Å². The first-order valence-corrected chi connectivity index (χ1v) is 11.9. The van der Waals surface area contributed by atoms with E-state index in [1.807, 2.05) is 0 Å². The Kier molecular flexibility index (Phi) is 4.72. The average Bonchev–Trinajstić information content (AvgIpc) is 3.43. The first kappa shape index (κ1) is 20.3. The number of hydrogen-bond acceptors (Lipinski definition) is 2. The second-order valence-corrected chi connectivity index (χ2v) is 9.64. The van der Waals surface area contributed by atoms with E-state index in [2.05, 4.69) is 66.8 Å². The summed E-state index contributed by atoms with van der Waals surface area (Å²) in [7, 11) is 2.13. The van der Waals surface area contributed by atoms with Gasteiger partial charge in [-0.25, -0.2) is 0 Å². The van der Waals surface area contributed by atoms with Gasteiger partial charge >= 0.3 is 0 Å². The largest absolute Gasteiger partial charge is 0.437 e. The molecule has 1 aliphatic rings. The number of furan rings is 1. The number of hydrogen-bond donors (Lipinski definition) is 0. The molecule has 0 bridgehead atoms. The number of rotatable bonds is 3. The van der Waals surface area contributed by atoms with E-state index in [4.69, 9.17) is 4.42 Å². The number of halogens is 1. The standard InChI is InChI=1S/C29H28FN2O/c1-17-15-23-22-12-14-26(30)31-29(22)33-28(23)27(18(17)2)25-13-11-21-20(16-19-7-4-5-8-19)9-6-10-24(21)32(25)3/h6,9-15,19H,4-5,7-8,16H2,1-3H3/q+1. The van der Waals surface area contributed by atoms with Crippen LogP contribution in [-0.2, 0) is 13.5 Å². The summed E-state index contributed by atoms with van der Waals surface area (Å²) in [5, 5.41) is 3.15. The fourth-order valence-corrected chi connectivity index (χ4v) is 5.75. The van der Waals surface area contributed by atoms with Crippen molar-refractivity contribution in [2.75, 3.05) is 0 Å². The number of aryl methyl sites for hydroxylation is 2. The fraction of sp³-hybridized carbons (Fsp3) is 0.310. The second kappa shape index (κ2) is 7.65. The molecule has 1 aliphatic carbocycles. The summed E-state index contributed by atoms with van der Waals surface area (Å²) in [5.41, 5.74) is 8.26. The average molecular weight is 440 g/mol. The predicted octanol–water partition coefficient (Wildman–Crippen LogP) is 7.11. The van der Waals surface area contributed by atoms with Gasteiger partial charge in [0.25, 0.3) is 0 Å². The molecule has 0 unspecified atom stereocenters. The van der Waals surface area contributed by atoms with Gasteiger partial charge in [0, 0.05) is 28.3 Å². The van der Waals surface area contributed by atoms with Gasteiger partial charge in [-0.2, -0.15) is 13.9 Å². The molecule has 0 saturated heterocycles. The zero-order valence-electron chi connectivity index (χ0n) is 19.4. The number of fused-ring (bicyclic) bond motifs is 4. The summed E-state index contributed by atoms with van der Waals surface area (Å²) in [6.07, 6.45) is 6.59. The minimum Gasteiger partial charge on any atom is -0.437 e. The lowest BCUT2D eigenvalue weighted by atomic mass is 9.93. The number of aromatic nitrogens is 2. The number of nitrogens with zero attached hydrogens (tertiary/aromatic N) is 2. The predicted molar refractivity (Wildman–Crippen MR) is 131 cm³/mol. The Morgan fingerprint density at radius 2 is 1.79 bits per heavy atom. The van der Waals surface area contributed by atoms with Crippen LogP contribution >= 0.6 is 0 Å². The van der Waals surface area contributed by atoms with Gasteiger partial charge in [0.15, 0.2) is 5.58 Å². The highest BCUT2D eigenvalue weighted by Crippen LogP contribution is 2.38. The monoisotopic (exact) mass is 439 g/mol. The Morgan fingerprint density at radius 3 is 2.61 bits per heavy atom. The quantitative estimate of drug-likeness (QED) is 0.221. The number of benzene rings is 2. The summed E-state index contributed by atoms with van der Waals surface area (Å²) >= 11 is 0. The van der Waals surface area contributed by atoms with E-state index in [0.717, 1.165) is 40.0 Å². The van der Waals surface area contributed by atoms with Gasteiger partial charge in [0.2, 0.25) is 22.9 Å². The van der Waals surface area contributed by atoms with Crippen molar-refractivity contribution in [3.8, 4) is 11.3 Å². The van der Waals surface area contributed by atoms with Crippen LogP contribution < -0.4 is 4.57 Å². The first-order valence-electron chi connectivity index (χ1n) is 11.9. The third kappa shape index (κ3) is 3.23. The summed E-state index contributed by atoms with van der Waals surface area (Å²) in [5.74, 6) is 0.283. The highest BCUT2D eigenvalue weighted by Gasteiger charge is 2.25. The van der Waals surface area contributed by atoms with Crippen LogP contribution in [0.5, 0.6) is 0 Å². The third-order valence-corrected chi connectivity index (χ3v) is 7.66. The lowest BCUT2D eigenvalue weighted by Gasteiger charge is -2.13. The maximum Gasteiger partial charge on any atom is 0.229 e. The van der Waals surface area contributed by atoms with Crippen molar-refractivity contribution >= 4 is 33.0 Å². The van der Waals surface area contributed by atoms with Gasteiger partial charge in [-0.15, -0.1) is 0 Å². The zero-order chi connectivity index (χ0) is 22.7.